The van der Waals surface area contributed by atoms with Crippen molar-refractivity contribution in [2.75, 3.05) is 39.8 Å². The maximum Gasteiger partial charge on any atom is 0.272 e. The Labute approximate surface area is 119 Å². The minimum Gasteiger partial charge on any atom is -0.370 e. The van der Waals surface area contributed by atoms with Gasteiger partial charge < -0.3 is 14.5 Å². The van der Waals surface area contributed by atoms with Crippen LogP contribution in [0.3, 0.4) is 0 Å². The lowest BCUT2D eigenvalue weighted by molar-refractivity contribution is -0.0935. The molecule has 0 N–H and O–H groups in total. The van der Waals surface area contributed by atoms with E-state index >= 15 is 0 Å². The highest BCUT2D eigenvalue weighted by molar-refractivity contribution is 5.93. The Bertz CT molecular complexity index is 520. The van der Waals surface area contributed by atoms with Gasteiger partial charge in [0.15, 0.2) is 0 Å². The van der Waals surface area contributed by atoms with Crippen molar-refractivity contribution in [3.05, 3.63) is 29.6 Å². The summed E-state index contributed by atoms with van der Waals surface area (Å²) in [5, 5.41) is 0. The number of amides is 1. The fourth-order valence-corrected chi connectivity index (χ4v) is 3.16. The van der Waals surface area contributed by atoms with Crippen LogP contribution in [0, 0.1) is 6.92 Å². The van der Waals surface area contributed by atoms with E-state index < -0.39 is 0 Å². The van der Waals surface area contributed by atoms with E-state index in [1.807, 2.05) is 24.0 Å². The van der Waals surface area contributed by atoms with E-state index in [0.717, 1.165) is 38.2 Å². The summed E-state index contributed by atoms with van der Waals surface area (Å²) in [5.41, 5.74) is 1.32. The van der Waals surface area contributed by atoms with Crippen molar-refractivity contribution in [2.24, 2.45) is 0 Å². The first-order valence-corrected chi connectivity index (χ1v) is 7.13. The van der Waals surface area contributed by atoms with E-state index in [-0.39, 0.29) is 11.5 Å². The van der Waals surface area contributed by atoms with Gasteiger partial charge in [-0.05, 0) is 32.0 Å². The van der Waals surface area contributed by atoms with E-state index in [2.05, 4.69) is 16.9 Å². The van der Waals surface area contributed by atoms with Crippen LogP contribution in [0.5, 0.6) is 0 Å². The topological polar surface area (TPSA) is 45.7 Å². The molecule has 1 aromatic rings. The monoisotopic (exact) mass is 275 g/mol. The third kappa shape index (κ3) is 2.43. The van der Waals surface area contributed by atoms with Gasteiger partial charge >= 0.3 is 0 Å². The molecule has 3 rings (SSSR count). The normalized spacial score (nSPS) is 27.2. The number of carbonyl (C=O) groups is 1. The number of rotatable bonds is 1. The molecule has 0 aromatic carbocycles. The summed E-state index contributed by atoms with van der Waals surface area (Å²) in [6.45, 7) is 5.97. The summed E-state index contributed by atoms with van der Waals surface area (Å²) in [6.07, 6.45) is 2.59. The summed E-state index contributed by atoms with van der Waals surface area (Å²) in [7, 11) is 2.11. The standard InChI is InChI=1S/C15H21N3O2/c1-12-4-3-6-16-13(12)14(19)18-7-5-15(11-18)10-17(2)8-9-20-15/h3-4,6H,5,7-11H2,1-2H3. The molecule has 5 heteroatoms. The van der Waals surface area contributed by atoms with Gasteiger partial charge in [-0.1, -0.05) is 6.07 Å². The number of hydrogen-bond acceptors (Lipinski definition) is 4. The second kappa shape index (κ2) is 5.14. The molecule has 0 saturated carbocycles. The lowest BCUT2D eigenvalue weighted by atomic mass is 10.0. The number of pyridine rings is 1. The van der Waals surface area contributed by atoms with Gasteiger partial charge in [0.05, 0.1) is 13.2 Å². The average molecular weight is 275 g/mol. The third-order valence-corrected chi connectivity index (χ3v) is 4.25. The van der Waals surface area contributed by atoms with Crippen molar-refractivity contribution < 1.29 is 9.53 Å². The molecule has 0 radical (unpaired) electrons. The van der Waals surface area contributed by atoms with Crippen LogP contribution in [0.15, 0.2) is 18.3 Å². The number of carbonyl (C=O) groups excluding carboxylic acids is 1. The second-order valence-electron chi connectivity index (χ2n) is 5.91. The largest absolute Gasteiger partial charge is 0.370 e. The van der Waals surface area contributed by atoms with Gasteiger partial charge in [0.2, 0.25) is 0 Å². The molecule has 108 valence electrons. The molecule has 0 bridgehead atoms. The number of aromatic nitrogens is 1. The van der Waals surface area contributed by atoms with Crippen LogP contribution in [0.4, 0.5) is 0 Å². The Balaban J connectivity index is 1.74. The van der Waals surface area contributed by atoms with Crippen LogP contribution in [-0.4, -0.2) is 66.1 Å². The molecule has 1 spiro atoms. The molecular formula is C15H21N3O2. The fraction of sp³-hybridized carbons (Fsp3) is 0.600. The van der Waals surface area contributed by atoms with Crippen molar-refractivity contribution in [3.8, 4) is 0 Å². The molecule has 2 fully saturated rings. The molecule has 2 aliphatic rings. The number of nitrogens with zero attached hydrogens (tertiary/aromatic N) is 3. The number of ether oxygens (including phenoxy) is 1. The maximum atomic E-state index is 12.6. The number of morpholine rings is 1. The molecule has 0 aliphatic carbocycles. The summed E-state index contributed by atoms with van der Waals surface area (Å²) in [5.74, 6) is 0.0248. The van der Waals surface area contributed by atoms with Crippen LogP contribution in [0.2, 0.25) is 0 Å². The van der Waals surface area contributed by atoms with Gasteiger partial charge in [-0.3, -0.25) is 9.78 Å². The van der Waals surface area contributed by atoms with Crippen LogP contribution >= 0.6 is 0 Å². The summed E-state index contributed by atoms with van der Waals surface area (Å²) in [6, 6.07) is 3.79. The average Bonchev–Trinajstić information content (AvgIpc) is 2.82. The molecule has 5 nitrogen and oxygen atoms in total. The Morgan fingerprint density at radius 2 is 2.25 bits per heavy atom. The third-order valence-electron chi connectivity index (χ3n) is 4.25. The van der Waals surface area contributed by atoms with E-state index in [1.54, 1.807) is 6.20 Å². The summed E-state index contributed by atoms with van der Waals surface area (Å²) in [4.78, 5) is 21.0. The van der Waals surface area contributed by atoms with Gasteiger partial charge in [0, 0.05) is 25.8 Å². The first kappa shape index (κ1) is 13.5. The Hall–Kier alpha value is -1.46. The molecular weight excluding hydrogens is 254 g/mol. The highest BCUT2D eigenvalue weighted by Gasteiger charge is 2.43. The minimum absolute atomic E-state index is 0.0248. The predicted molar refractivity (Wildman–Crippen MR) is 75.7 cm³/mol. The minimum atomic E-state index is -0.175. The van der Waals surface area contributed by atoms with Crippen LogP contribution < -0.4 is 0 Å². The highest BCUT2D eigenvalue weighted by atomic mass is 16.5. The number of likely N-dealkylation sites (N-methyl/N-ethyl adjacent to an activating group) is 1. The highest BCUT2D eigenvalue weighted by Crippen LogP contribution is 2.29. The van der Waals surface area contributed by atoms with E-state index in [1.165, 1.54) is 0 Å². The van der Waals surface area contributed by atoms with Gasteiger partial charge in [0.1, 0.15) is 11.3 Å². The zero-order valence-corrected chi connectivity index (χ0v) is 12.1. The van der Waals surface area contributed by atoms with E-state index in [9.17, 15) is 4.79 Å². The first-order chi connectivity index (χ1) is 9.60. The summed E-state index contributed by atoms with van der Waals surface area (Å²) >= 11 is 0. The zero-order chi connectivity index (χ0) is 14.2. The molecule has 3 heterocycles. The Morgan fingerprint density at radius 3 is 3.00 bits per heavy atom. The van der Waals surface area contributed by atoms with E-state index in [4.69, 9.17) is 4.74 Å². The van der Waals surface area contributed by atoms with Gasteiger partial charge in [-0.15, -0.1) is 0 Å². The van der Waals surface area contributed by atoms with Crippen LogP contribution in [0.25, 0.3) is 0 Å². The van der Waals surface area contributed by atoms with Crippen molar-refractivity contribution in [1.29, 1.82) is 0 Å². The lowest BCUT2D eigenvalue weighted by Crippen LogP contribution is -2.52. The van der Waals surface area contributed by atoms with Crippen molar-refractivity contribution >= 4 is 5.91 Å². The summed E-state index contributed by atoms with van der Waals surface area (Å²) < 4.78 is 5.99. The van der Waals surface area contributed by atoms with E-state index in [0.29, 0.717) is 12.2 Å². The number of hydrogen-bond donors (Lipinski definition) is 0. The number of aryl methyl sites for hydroxylation is 1. The molecule has 1 atom stereocenters. The molecule has 2 saturated heterocycles. The number of likely N-dealkylation sites (tertiary alicyclic amines) is 1. The van der Waals surface area contributed by atoms with Gasteiger partial charge in [0.25, 0.3) is 5.91 Å². The van der Waals surface area contributed by atoms with Gasteiger partial charge in [-0.2, -0.15) is 0 Å². The zero-order valence-electron chi connectivity index (χ0n) is 12.1. The predicted octanol–water partition coefficient (Wildman–Crippen LogP) is 0.937. The van der Waals surface area contributed by atoms with Crippen LogP contribution in [-0.2, 0) is 4.74 Å². The molecule has 1 amide bonds. The Kier molecular flexibility index (Phi) is 3.48. The first-order valence-electron chi connectivity index (χ1n) is 7.13. The molecule has 20 heavy (non-hydrogen) atoms. The maximum absolute atomic E-state index is 12.6. The van der Waals surface area contributed by atoms with Gasteiger partial charge in [-0.25, -0.2) is 0 Å². The molecule has 2 aliphatic heterocycles. The van der Waals surface area contributed by atoms with Crippen molar-refractivity contribution in [2.45, 2.75) is 18.9 Å². The SMILES string of the molecule is Cc1cccnc1C(=O)N1CCC2(CN(C)CCO2)C1. The fourth-order valence-electron chi connectivity index (χ4n) is 3.16. The van der Waals surface area contributed by atoms with Crippen molar-refractivity contribution in [3.63, 3.8) is 0 Å². The smallest absolute Gasteiger partial charge is 0.272 e. The lowest BCUT2D eigenvalue weighted by Gasteiger charge is -2.38. The van der Waals surface area contributed by atoms with Crippen molar-refractivity contribution in [1.82, 2.24) is 14.8 Å². The molecule has 1 unspecified atom stereocenters. The quantitative estimate of drug-likeness (QED) is 0.765. The second-order valence-corrected chi connectivity index (χ2v) is 5.91. The Morgan fingerprint density at radius 1 is 1.40 bits per heavy atom. The van der Waals surface area contributed by atoms with Crippen LogP contribution in [0.1, 0.15) is 22.5 Å². The molecule has 1 aromatic heterocycles.